The van der Waals surface area contributed by atoms with Gasteiger partial charge in [-0.3, -0.25) is 4.79 Å². The highest BCUT2D eigenvalue weighted by Crippen LogP contribution is 2.30. The van der Waals surface area contributed by atoms with Crippen molar-refractivity contribution in [2.45, 2.75) is 6.18 Å². The molecule has 0 heterocycles. The van der Waals surface area contributed by atoms with Crippen LogP contribution in [0.4, 0.5) is 13.2 Å². The zero-order valence-corrected chi connectivity index (χ0v) is 9.12. The molecule has 92 valence electrons. The van der Waals surface area contributed by atoms with E-state index in [9.17, 15) is 18.0 Å². The molecular weight excluding hydrogens is 233 g/mol. The molecule has 1 aromatic carbocycles. The summed E-state index contributed by atoms with van der Waals surface area (Å²) in [6, 6.07) is 3.19. The van der Waals surface area contributed by atoms with Crippen molar-refractivity contribution >= 4 is 12.4 Å². The fourth-order valence-corrected chi connectivity index (χ4v) is 1.28. The number of hydrogen-bond donors (Lipinski definition) is 0. The maximum absolute atomic E-state index is 12.5. The summed E-state index contributed by atoms with van der Waals surface area (Å²) < 4.78 is 42.3. The Kier molecular flexibility index (Phi) is 4.45. The molecule has 0 atom stereocenters. The van der Waals surface area contributed by atoms with Gasteiger partial charge in [0.15, 0.2) is 0 Å². The third kappa shape index (κ3) is 4.03. The molecule has 2 nitrogen and oxygen atoms in total. The molecule has 0 saturated carbocycles. The number of benzene rings is 1. The van der Waals surface area contributed by atoms with Gasteiger partial charge in [0.1, 0.15) is 6.29 Å². The molecule has 0 unspecified atom stereocenters. The normalized spacial score (nSPS) is 12.0. The number of hydrogen-bond acceptors (Lipinski definition) is 2. The zero-order chi connectivity index (χ0) is 12.9. The van der Waals surface area contributed by atoms with E-state index in [1.165, 1.54) is 19.3 Å². The number of alkyl halides is 3. The molecule has 0 aliphatic heterocycles. The molecule has 1 rings (SSSR count). The van der Waals surface area contributed by atoms with Crippen molar-refractivity contribution < 1.29 is 22.7 Å². The third-order valence-electron chi connectivity index (χ3n) is 2.01. The Balaban J connectivity index is 3.10. The van der Waals surface area contributed by atoms with Crippen LogP contribution in [-0.2, 0) is 10.9 Å². The summed E-state index contributed by atoms with van der Waals surface area (Å²) in [7, 11) is 1.48. The predicted molar refractivity (Wildman–Crippen MR) is 57.7 cm³/mol. The van der Waals surface area contributed by atoms with Gasteiger partial charge in [-0.2, -0.15) is 13.2 Å². The molecule has 0 fully saturated rings. The summed E-state index contributed by atoms with van der Waals surface area (Å²) in [5, 5.41) is 0. The van der Waals surface area contributed by atoms with Gasteiger partial charge in [-0.1, -0.05) is 12.2 Å². The van der Waals surface area contributed by atoms with Crippen LogP contribution in [0.15, 0.2) is 24.3 Å². The number of methoxy groups -OCH3 is 1. The zero-order valence-electron chi connectivity index (χ0n) is 9.12. The van der Waals surface area contributed by atoms with E-state index in [0.717, 1.165) is 12.1 Å². The van der Waals surface area contributed by atoms with Crippen LogP contribution in [0.25, 0.3) is 6.08 Å². The van der Waals surface area contributed by atoms with Gasteiger partial charge in [-0.25, -0.2) is 0 Å². The van der Waals surface area contributed by atoms with Crippen LogP contribution >= 0.6 is 0 Å². The van der Waals surface area contributed by atoms with Crippen molar-refractivity contribution in [3.05, 3.63) is 41.0 Å². The van der Waals surface area contributed by atoms with E-state index in [1.54, 1.807) is 6.08 Å². The lowest BCUT2D eigenvalue weighted by atomic mass is 10.1. The monoisotopic (exact) mass is 244 g/mol. The van der Waals surface area contributed by atoms with E-state index in [4.69, 9.17) is 4.74 Å². The maximum Gasteiger partial charge on any atom is 0.416 e. The summed E-state index contributed by atoms with van der Waals surface area (Å²) >= 11 is 0. The van der Waals surface area contributed by atoms with Gasteiger partial charge in [-0.05, 0) is 23.8 Å². The quantitative estimate of drug-likeness (QED) is 0.760. The molecule has 0 amide bonds. The van der Waals surface area contributed by atoms with Crippen molar-refractivity contribution in [2.24, 2.45) is 0 Å². The average molecular weight is 244 g/mol. The topological polar surface area (TPSA) is 26.3 Å². The van der Waals surface area contributed by atoms with E-state index < -0.39 is 11.7 Å². The molecule has 17 heavy (non-hydrogen) atoms. The highest BCUT2D eigenvalue weighted by Gasteiger charge is 2.30. The average Bonchev–Trinajstić information content (AvgIpc) is 2.28. The van der Waals surface area contributed by atoms with Crippen molar-refractivity contribution in [3.8, 4) is 0 Å². The molecule has 0 aliphatic rings. The van der Waals surface area contributed by atoms with Gasteiger partial charge in [0.2, 0.25) is 0 Å². The molecule has 0 radical (unpaired) electrons. The summed E-state index contributed by atoms with van der Waals surface area (Å²) in [4.78, 5) is 10.6. The van der Waals surface area contributed by atoms with Gasteiger partial charge in [0.05, 0.1) is 12.2 Å². The lowest BCUT2D eigenvalue weighted by Gasteiger charge is -2.08. The predicted octanol–water partition coefficient (Wildman–Crippen LogP) is 3.18. The summed E-state index contributed by atoms with van der Waals surface area (Å²) in [6.45, 7) is 0.298. The SMILES string of the molecule is COCC=Cc1cc(C=O)cc(C(F)(F)F)c1. The molecular formula is C12H11F3O2. The Morgan fingerprint density at radius 1 is 1.24 bits per heavy atom. The second kappa shape index (κ2) is 5.63. The lowest BCUT2D eigenvalue weighted by molar-refractivity contribution is -0.137. The number of carbonyl (C=O) groups excluding carboxylic acids is 1. The van der Waals surface area contributed by atoms with Crippen molar-refractivity contribution in [1.29, 1.82) is 0 Å². The number of halogens is 3. The maximum atomic E-state index is 12.5. The van der Waals surface area contributed by atoms with Crippen LogP contribution in [0.3, 0.4) is 0 Å². The molecule has 0 bridgehead atoms. The van der Waals surface area contributed by atoms with Gasteiger partial charge < -0.3 is 4.74 Å². The van der Waals surface area contributed by atoms with Gasteiger partial charge in [-0.15, -0.1) is 0 Å². The van der Waals surface area contributed by atoms with Gasteiger partial charge in [0.25, 0.3) is 0 Å². The van der Waals surface area contributed by atoms with Crippen LogP contribution in [0.1, 0.15) is 21.5 Å². The Bertz CT molecular complexity index is 422. The molecule has 1 aromatic rings. The Hall–Kier alpha value is -1.62. The van der Waals surface area contributed by atoms with E-state index in [2.05, 4.69) is 0 Å². The first-order valence-electron chi connectivity index (χ1n) is 4.80. The third-order valence-corrected chi connectivity index (χ3v) is 2.01. The second-order valence-electron chi connectivity index (χ2n) is 3.36. The fourth-order valence-electron chi connectivity index (χ4n) is 1.28. The van der Waals surface area contributed by atoms with Crippen LogP contribution in [0, 0.1) is 0 Å². The number of ether oxygens (including phenoxy) is 1. The Morgan fingerprint density at radius 2 is 1.88 bits per heavy atom. The van der Waals surface area contributed by atoms with E-state index in [-0.39, 0.29) is 5.56 Å². The first-order valence-corrected chi connectivity index (χ1v) is 4.80. The minimum absolute atomic E-state index is 0.00288. The summed E-state index contributed by atoms with van der Waals surface area (Å²) in [5.41, 5.74) is -0.518. The van der Waals surface area contributed by atoms with Crippen molar-refractivity contribution in [3.63, 3.8) is 0 Å². The fraction of sp³-hybridized carbons (Fsp3) is 0.250. The first kappa shape index (κ1) is 13.4. The van der Waals surface area contributed by atoms with Crippen LogP contribution in [-0.4, -0.2) is 20.0 Å². The Morgan fingerprint density at radius 3 is 2.41 bits per heavy atom. The standard InChI is InChI=1S/C12H11F3O2/c1-17-4-2-3-9-5-10(8-16)7-11(6-9)12(13,14)15/h2-3,5-8H,4H2,1H3. The second-order valence-corrected chi connectivity index (χ2v) is 3.36. The molecule has 5 heteroatoms. The summed E-state index contributed by atoms with van der Waals surface area (Å²) in [6.07, 6.45) is -1.01. The minimum atomic E-state index is -4.46. The van der Waals surface area contributed by atoms with E-state index in [1.807, 2.05) is 0 Å². The largest absolute Gasteiger partial charge is 0.416 e. The highest BCUT2D eigenvalue weighted by molar-refractivity contribution is 5.77. The molecule has 0 aliphatic carbocycles. The molecule has 0 saturated heterocycles. The summed E-state index contributed by atoms with van der Waals surface area (Å²) in [5.74, 6) is 0. The highest BCUT2D eigenvalue weighted by atomic mass is 19.4. The van der Waals surface area contributed by atoms with Gasteiger partial charge in [0, 0.05) is 12.7 Å². The smallest absolute Gasteiger partial charge is 0.381 e. The van der Waals surface area contributed by atoms with E-state index in [0.29, 0.717) is 18.5 Å². The van der Waals surface area contributed by atoms with Crippen LogP contribution in [0.5, 0.6) is 0 Å². The molecule has 0 spiro atoms. The Labute approximate surface area is 96.7 Å². The first-order chi connectivity index (χ1) is 7.97. The van der Waals surface area contributed by atoms with Gasteiger partial charge >= 0.3 is 6.18 Å². The van der Waals surface area contributed by atoms with Crippen molar-refractivity contribution in [1.82, 2.24) is 0 Å². The number of aldehydes is 1. The molecule has 0 N–H and O–H groups in total. The minimum Gasteiger partial charge on any atom is -0.381 e. The lowest BCUT2D eigenvalue weighted by Crippen LogP contribution is -2.06. The van der Waals surface area contributed by atoms with Crippen LogP contribution < -0.4 is 0 Å². The van der Waals surface area contributed by atoms with E-state index >= 15 is 0 Å². The number of rotatable bonds is 4. The molecule has 0 aromatic heterocycles. The van der Waals surface area contributed by atoms with Crippen LogP contribution in [0.2, 0.25) is 0 Å². The van der Waals surface area contributed by atoms with Crippen molar-refractivity contribution in [2.75, 3.05) is 13.7 Å². The number of carbonyl (C=O) groups is 1.